The Morgan fingerprint density at radius 1 is 0.389 bits per heavy atom. The minimum atomic E-state index is -0.806. The molecule has 0 saturated carbocycles. The summed E-state index contributed by atoms with van der Waals surface area (Å²) in [6.45, 7) is 6.39. The van der Waals surface area contributed by atoms with E-state index in [-0.39, 0.29) is 37.5 Å². The molecule has 0 aliphatic heterocycles. The van der Waals surface area contributed by atoms with Gasteiger partial charge in [0, 0.05) is 19.3 Å². The fourth-order valence-corrected chi connectivity index (χ4v) is 5.85. The zero-order chi connectivity index (χ0) is 39.4. The molecule has 0 spiro atoms. The zero-order valence-corrected chi connectivity index (χ0v) is 35.2. The summed E-state index contributed by atoms with van der Waals surface area (Å²) < 4.78 is 16.6. The van der Waals surface area contributed by atoms with Crippen LogP contribution in [0.25, 0.3) is 0 Å². The van der Waals surface area contributed by atoms with Crippen LogP contribution in [0.4, 0.5) is 0 Å². The number of rotatable bonds is 39. The smallest absolute Gasteiger partial charge is 0.306 e. The summed E-state index contributed by atoms with van der Waals surface area (Å²) in [5.74, 6) is -0.990. The second-order valence-electron chi connectivity index (χ2n) is 14.6. The molecule has 1 atom stereocenters. The largest absolute Gasteiger partial charge is 0.462 e. The van der Waals surface area contributed by atoms with Crippen LogP contribution < -0.4 is 0 Å². The highest BCUT2D eigenvalue weighted by Crippen LogP contribution is 2.12. The number of hydrogen-bond donors (Lipinski definition) is 0. The minimum absolute atomic E-state index is 0.104. The quantitative estimate of drug-likeness (QED) is 0.0269. The maximum atomic E-state index is 12.7. The van der Waals surface area contributed by atoms with E-state index < -0.39 is 6.10 Å². The van der Waals surface area contributed by atoms with E-state index >= 15 is 0 Å². The normalized spacial score (nSPS) is 12.6. The standard InChI is InChI=1S/C48H82O6/c1-4-7-10-13-16-19-22-23-24-27-29-32-35-38-41-47(50)53-44-45(54-48(51)42-39-36-33-30-26-21-18-15-12-9-6-3)43-52-46(49)40-37-34-31-28-25-20-17-14-11-8-5-2/h9,12,14,17-18,21,24,27,30,33,45H,4-8,10-11,13,15-16,19-20,22-23,25-26,28-29,31-32,34-44H2,1-3H3/b12-9-,17-14-,21-18-,27-24-,33-30-. The van der Waals surface area contributed by atoms with Crippen LogP contribution >= 0.6 is 0 Å². The Bertz CT molecular complexity index is 1010. The molecule has 0 aliphatic carbocycles. The van der Waals surface area contributed by atoms with Crippen molar-refractivity contribution in [2.75, 3.05) is 13.2 Å². The lowest BCUT2D eigenvalue weighted by Crippen LogP contribution is -2.30. The summed E-state index contributed by atoms with van der Waals surface area (Å²) in [5, 5.41) is 0. The first-order chi connectivity index (χ1) is 26.5. The van der Waals surface area contributed by atoms with Crippen molar-refractivity contribution in [2.24, 2.45) is 0 Å². The van der Waals surface area contributed by atoms with Crippen LogP contribution in [0.1, 0.15) is 207 Å². The molecule has 0 heterocycles. The Balaban J connectivity index is 4.46. The molecule has 0 rings (SSSR count). The van der Waals surface area contributed by atoms with Crippen molar-refractivity contribution in [1.82, 2.24) is 0 Å². The highest BCUT2D eigenvalue weighted by atomic mass is 16.6. The summed E-state index contributed by atoms with van der Waals surface area (Å²) >= 11 is 0. The van der Waals surface area contributed by atoms with Gasteiger partial charge < -0.3 is 14.2 Å². The number of ether oxygens (including phenoxy) is 3. The second kappa shape index (κ2) is 42.8. The Labute approximate surface area is 332 Å². The molecule has 0 N–H and O–H groups in total. The maximum Gasteiger partial charge on any atom is 0.306 e. The van der Waals surface area contributed by atoms with Gasteiger partial charge in [-0.2, -0.15) is 0 Å². The highest BCUT2D eigenvalue weighted by molar-refractivity contribution is 5.71. The van der Waals surface area contributed by atoms with E-state index in [9.17, 15) is 14.4 Å². The predicted molar refractivity (Wildman–Crippen MR) is 228 cm³/mol. The van der Waals surface area contributed by atoms with Crippen LogP contribution in [0.3, 0.4) is 0 Å². The van der Waals surface area contributed by atoms with Crippen LogP contribution in [0.15, 0.2) is 60.8 Å². The predicted octanol–water partition coefficient (Wildman–Crippen LogP) is 14.1. The summed E-state index contributed by atoms with van der Waals surface area (Å²) in [6.07, 6.45) is 50.7. The number of unbranched alkanes of at least 4 members (excludes halogenated alkanes) is 18. The number of carbonyl (C=O) groups is 3. The van der Waals surface area contributed by atoms with E-state index in [4.69, 9.17) is 14.2 Å². The number of esters is 3. The van der Waals surface area contributed by atoms with Gasteiger partial charge in [-0.25, -0.2) is 0 Å². The van der Waals surface area contributed by atoms with Crippen LogP contribution in [-0.4, -0.2) is 37.2 Å². The SMILES string of the molecule is CC/C=C\C/C=C\C/C=C\CCCC(=O)OC(COC(=O)CCCCC/C=C\CCCCCCCCC)COC(=O)CCCCCCC/C=C\CCCC. The van der Waals surface area contributed by atoms with E-state index in [1.54, 1.807) is 0 Å². The Kier molecular flexibility index (Phi) is 40.6. The van der Waals surface area contributed by atoms with Gasteiger partial charge in [-0.1, -0.05) is 159 Å². The molecule has 0 radical (unpaired) electrons. The first-order valence-electron chi connectivity index (χ1n) is 22.3. The summed E-state index contributed by atoms with van der Waals surface area (Å²) in [5.41, 5.74) is 0. The number of hydrogen-bond acceptors (Lipinski definition) is 6. The Hall–Kier alpha value is -2.89. The van der Waals surface area contributed by atoms with Crippen molar-refractivity contribution in [1.29, 1.82) is 0 Å². The first-order valence-corrected chi connectivity index (χ1v) is 22.3. The van der Waals surface area contributed by atoms with Crippen molar-refractivity contribution in [3.63, 3.8) is 0 Å². The molecule has 0 fully saturated rings. The lowest BCUT2D eigenvalue weighted by atomic mass is 10.1. The number of allylic oxidation sites excluding steroid dienone is 10. The lowest BCUT2D eigenvalue weighted by molar-refractivity contribution is -0.167. The average molecular weight is 755 g/mol. The van der Waals surface area contributed by atoms with Gasteiger partial charge in [-0.05, 0) is 89.9 Å². The average Bonchev–Trinajstić information content (AvgIpc) is 3.17. The summed E-state index contributed by atoms with van der Waals surface area (Å²) in [7, 11) is 0. The topological polar surface area (TPSA) is 78.9 Å². The molecule has 0 bridgehead atoms. The van der Waals surface area contributed by atoms with Crippen molar-refractivity contribution in [3.05, 3.63) is 60.8 Å². The molecule has 6 heteroatoms. The van der Waals surface area contributed by atoms with Gasteiger partial charge in [0.05, 0.1) is 0 Å². The Morgan fingerprint density at radius 3 is 1.28 bits per heavy atom. The molecular formula is C48H82O6. The summed E-state index contributed by atoms with van der Waals surface area (Å²) in [6, 6.07) is 0. The monoisotopic (exact) mass is 755 g/mol. The van der Waals surface area contributed by atoms with Crippen LogP contribution in [0.2, 0.25) is 0 Å². The molecule has 0 aliphatic rings. The van der Waals surface area contributed by atoms with Crippen LogP contribution in [0.5, 0.6) is 0 Å². The molecule has 6 nitrogen and oxygen atoms in total. The molecule has 310 valence electrons. The molecule has 1 unspecified atom stereocenters. The van der Waals surface area contributed by atoms with E-state index in [0.29, 0.717) is 19.3 Å². The third-order valence-electron chi connectivity index (χ3n) is 9.23. The third kappa shape index (κ3) is 40.3. The molecule has 0 aromatic carbocycles. The third-order valence-corrected chi connectivity index (χ3v) is 9.23. The van der Waals surface area contributed by atoms with Crippen molar-refractivity contribution < 1.29 is 28.6 Å². The van der Waals surface area contributed by atoms with Crippen molar-refractivity contribution in [3.8, 4) is 0 Å². The molecule has 0 amide bonds. The second-order valence-corrected chi connectivity index (χ2v) is 14.6. The lowest BCUT2D eigenvalue weighted by Gasteiger charge is -2.18. The zero-order valence-electron chi connectivity index (χ0n) is 35.2. The molecule has 0 aromatic heterocycles. The molecule has 0 saturated heterocycles. The van der Waals surface area contributed by atoms with Gasteiger partial charge in [-0.15, -0.1) is 0 Å². The fraction of sp³-hybridized carbons (Fsp3) is 0.729. The van der Waals surface area contributed by atoms with Gasteiger partial charge in [0.1, 0.15) is 13.2 Å². The highest BCUT2D eigenvalue weighted by Gasteiger charge is 2.19. The van der Waals surface area contributed by atoms with Gasteiger partial charge >= 0.3 is 17.9 Å². The van der Waals surface area contributed by atoms with Gasteiger partial charge in [0.15, 0.2) is 6.10 Å². The van der Waals surface area contributed by atoms with E-state index in [2.05, 4.69) is 81.5 Å². The van der Waals surface area contributed by atoms with Gasteiger partial charge in [0.2, 0.25) is 0 Å². The summed E-state index contributed by atoms with van der Waals surface area (Å²) in [4.78, 5) is 37.6. The molecule has 0 aromatic rings. The number of carbonyl (C=O) groups excluding carboxylic acids is 3. The van der Waals surface area contributed by atoms with Crippen molar-refractivity contribution >= 4 is 17.9 Å². The fourth-order valence-electron chi connectivity index (χ4n) is 5.85. The molecular weight excluding hydrogens is 673 g/mol. The van der Waals surface area contributed by atoms with Gasteiger partial charge in [0.25, 0.3) is 0 Å². The van der Waals surface area contributed by atoms with E-state index in [1.165, 1.54) is 70.6 Å². The van der Waals surface area contributed by atoms with Crippen LogP contribution in [-0.2, 0) is 28.6 Å². The minimum Gasteiger partial charge on any atom is -0.462 e. The molecule has 54 heavy (non-hydrogen) atoms. The van der Waals surface area contributed by atoms with Gasteiger partial charge in [-0.3, -0.25) is 14.4 Å². The maximum absolute atomic E-state index is 12.7. The van der Waals surface area contributed by atoms with Crippen molar-refractivity contribution in [2.45, 2.75) is 213 Å². The van der Waals surface area contributed by atoms with Crippen LogP contribution in [0, 0.1) is 0 Å². The Morgan fingerprint density at radius 2 is 0.759 bits per heavy atom. The van der Waals surface area contributed by atoms with E-state index in [1.807, 2.05) is 0 Å². The first kappa shape index (κ1) is 51.1. The van der Waals surface area contributed by atoms with E-state index in [0.717, 1.165) is 89.9 Å².